The zero-order valence-electron chi connectivity index (χ0n) is 8.77. The Morgan fingerprint density at radius 3 is 2.60 bits per heavy atom. The summed E-state index contributed by atoms with van der Waals surface area (Å²) in [6.45, 7) is -0.0598. The van der Waals surface area contributed by atoms with E-state index in [-0.39, 0.29) is 30.8 Å². The molecular weight excluding hydrogens is 218 g/mol. The SMILES string of the molecule is CN(CC(=O)NC1CC1)S(=O)(=O)CCN. The van der Waals surface area contributed by atoms with Gasteiger partial charge in [-0.1, -0.05) is 0 Å². The summed E-state index contributed by atoms with van der Waals surface area (Å²) in [5.74, 6) is -0.374. The molecule has 0 spiro atoms. The molecule has 0 aromatic carbocycles. The topological polar surface area (TPSA) is 92.5 Å². The van der Waals surface area contributed by atoms with Crippen LogP contribution in [0.3, 0.4) is 0 Å². The van der Waals surface area contributed by atoms with E-state index < -0.39 is 10.0 Å². The van der Waals surface area contributed by atoms with E-state index in [1.807, 2.05) is 0 Å². The summed E-state index contributed by atoms with van der Waals surface area (Å²) < 4.78 is 23.9. The van der Waals surface area contributed by atoms with Crippen molar-refractivity contribution in [2.24, 2.45) is 5.73 Å². The van der Waals surface area contributed by atoms with Crippen molar-refractivity contribution < 1.29 is 13.2 Å². The number of rotatable bonds is 6. The van der Waals surface area contributed by atoms with E-state index in [4.69, 9.17) is 5.73 Å². The van der Waals surface area contributed by atoms with Crippen molar-refractivity contribution in [3.05, 3.63) is 0 Å². The molecule has 0 aliphatic heterocycles. The first-order chi connectivity index (χ1) is 6.95. The van der Waals surface area contributed by atoms with Gasteiger partial charge in [-0.05, 0) is 12.8 Å². The molecule has 0 aromatic rings. The van der Waals surface area contributed by atoms with Gasteiger partial charge in [0.2, 0.25) is 15.9 Å². The summed E-state index contributed by atoms with van der Waals surface area (Å²) in [6.07, 6.45) is 1.98. The molecule has 0 radical (unpaired) electrons. The van der Waals surface area contributed by atoms with E-state index in [1.54, 1.807) is 0 Å². The summed E-state index contributed by atoms with van der Waals surface area (Å²) in [4.78, 5) is 11.3. The zero-order valence-corrected chi connectivity index (χ0v) is 9.59. The van der Waals surface area contributed by atoms with Crippen molar-refractivity contribution in [1.82, 2.24) is 9.62 Å². The predicted molar refractivity (Wildman–Crippen MR) is 56.6 cm³/mol. The maximum atomic E-state index is 11.4. The summed E-state index contributed by atoms with van der Waals surface area (Å²) in [7, 11) is -1.99. The van der Waals surface area contributed by atoms with Crippen LogP contribution >= 0.6 is 0 Å². The van der Waals surface area contributed by atoms with Crippen LogP contribution in [0.5, 0.6) is 0 Å². The smallest absolute Gasteiger partial charge is 0.235 e. The van der Waals surface area contributed by atoms with Crippen LogP contribution in [0.4, 0.5) is 0 Å². The highest BCUT2D eigenvalue weighted by Gasteiger charge is 2.25. The minimum Gasteiger partial charge on any atom is -0.352 e. The van der Waals surface area contributed by atoms with E-state index in [9.17, 15) is 13.2 Å². The van der Waals surface area contributed by atoms with Crippen LogP contribution in [-0.2, 0) is 14.8 Å². The highest BCUT2D eigenvalue weighted by Crippen LogP contribution is 2.18. The number of carbonyl (C=O) groups is 1. The first kappa shape index (κ1) is 12.4. The second-order valence-electron chi connectivity index (χ2n) is 3.70. The molecule has 1 aliphatic rings. The van der Waals surface area contributed by atoms with Gasteiger partial charge in [0, 0.05) is 19.6 Å². The number of carbonyl (C=O) groups excluding carboxylic acids is 1. The van der Waals surface area contributed by atoms with E-state index in [0.29, 0.717) is 0 Å². The van der Waals surface area contributed by atoms with Crippen LogP contribution < -0.4 is 11.1 Å². The number of nitrogens with one attached hydrogen (secondary N) is 1. The molecule has 0 bridgehead atoms. The van der Waals surface area contributed by atoms with E-state index in [0.717, 1.165) is 17.1 Å². The molecule has 0 aromatic heterocycles. The quantitative estimate of drug-likeness (QED) is 0.585. The fraction of sp³-hybridized carbons (Fsp3) is 0.875. The maximum Gasteiger partial charge on any atom is 0.235 e. The molecule has 1 fully saturated rings. The maximum absolute atomic E-state index is 11.4. The van der Waals surface area contributed by atoms with Gasteiger partial charge in [0.25, 0.3) is 0 Å². The molecule has 15 heavy (non-hydrogen) atoms. The van der Waals surface area contributed by atoms with Crippen molar-refractivity contribution in [1.29, 1.82) is 0 Å². The molecule has 6 nitrogen and oxygen atoms in total. The van der Waals surface area contributed by atoms with Crippen molar-refractivity contribution in [2.45, 2.75) is 18.9 Å². The number of amides is 1. The third-order valence-electron chi connectivity index (χ3n) is 2.16. The molecule has 88 valence electrons. The lowest BCUT2D eigenvalue weighted by Gasteiger charge is -2.15. The second-order valence-corrected chi connectivity index (χ2v) is 5.90. The van der Waals surface area contributed by atoms with Gasteiger partial charge >= 0.3 is 0 Å². The predicted octanol–water partition coefficient (Wildman–Crippen LogP) is -1.51. The molecule has 1 saturated carbocycles. The van der Waals surface area contributed by atoms with Crippen molar-refractivity contribution in [3.8, 4) is 0 Å². The fourth-order valence-corrected chi connectivity index (χ4v) is 2.03. The van der Waals surface area contributed by atoms with Gasteiger partial charge in [0.1, 0.15) is 0 Å². The third kappa shape index (κ3) is 4.15. The standard InChI is InChI=1S/C8H17N3O3S/c1-11(15(13,14)5-4-9)6-8(12)10-7-2-3-7/h7H,2-6,9H2,1H3,(H,10,12). The summed E-state index contributed by atoms with van der Waals surface area (Å²) in [6, 6.07) is 0.253. The minimum atomic E-state index is -3.37. The molecule has 1 amide bonds. The van der Waals surface area contributed by atoms with Crippen LogP contribution in [0.2, 0.25) is 0 Å². The lowest BCUT2D eigenvalue weighted by Crippen LogP contribution is -2.40. The van der Waals surface area contributed by atoms with Gasteiger partial charge in [0.05, 0.1) is 12.3 Å². The number of likely N-dealkylation sites (N-methyl/N-ethyl adjacent to an activating group) is 1. The monoisotopic (exact) mass is 235 g/mol. The Bertz CT molecular complexity index is 324. The van der Waals surface area contributed by atoms with Gasteiger partial charge in [-0.25, -0.2) is 8.42 Å². The molecule has 1 rings (SSSR count). The molecular formula is C8H17N3O3S. The second kappa shape index (κ2) is 4.91. The number of sulfonamides is 1. The molecule has 0 saturated heterocycles. The van der Waals surface area contributed by atoms with Gasteiger partial charge < -0.3 is 11.1 Å². The molecule has 1 aliphatic carbocycles. The normalized spacial score (nSPS) is 16.7. The van der Waals surface area contributed by atoms with Crippen molar-refractivity contribution in [2.75, 3.05) is 25.9 Å². The molecule has 0 heterocycles. The van der Waals surface area contributed by atoms with Crippen molar-refractivity contribution in [3.63, 3.8) is 0 Å². The number of hydrogen-bond donors (Lipinski definition) is 2. The first-order valence-electron chi connectivity index (χ1n) is 4.89. The Kier molecular flexibility index (Phi) is 4.06. The largest absolute Gasteiger partial charge is 0.352 e. The zero-order chi connectivity index (χ0) is 11.5. The van der Waals surface area contributed by atoms with Gasteiger partial charge in [-0.2, -0.15) is 4.31 Å². The summed E-state index contributed by atoms with van der Waals surface area (Å²) >= 11 is 0. The Hall–Kier alpha value is -0.660. The summed E-state index contributed by atoms with van der Waals surface area (Å²) in [5, 5.41) is 2.72. The number of hydrogen-bond acceptors (Lipinski definition) is 4. The minimum absolute atomic E-state index is 0.0664. The number of nitrogens with two attached hydrogens (primary N) is 1. The van der Waals surface area contributed by atoms with Gasteiger partial charge in [-0.3, -0.25) is 4.79 Å². The average Bonchev–Trinajstić information content (AvgIpc) is 2.87. The molecule has 3 N–H and O–H groups in total. The lowest BCUT2D eigenvalue weighted by molar-refractivity contribution is -0.121. The Labute approximate surface area is 89.9 Å². The van der Waals surface area contributed by atoms with Crippen LogP contribution in [-0.4, -0.2) is 50.6 Å². The Morgan fingerprint density at radius 1 is 1.53 bits per heavy atom. The van der Waals surface area contributed by atoms with E-state index >= 15 is 0 Å². The van der Waals surface area contributed by atoms with E-state index in [1.165, 1.54) is 7.05 Å². The number of nitrogens with zero attached hydrogens (tertiary/aromatic N) is 1. The van der Waals surface area contributed by atoms with Crippen LogP contribution in [0.15, 0.2) is 0 Å². The lowest BCUT2D eigenvalue weighted by atomic mass is 10.5. The highest BCUT2D eigenvalue weighted by molar-refractivity contribution is 7.89. The van der Waals surface area contributed by atoms with Crippen LogP contribution in [0, 0.1) is 0 Å². The fourth-order valence-electron chi connectivity index (χ4n) is 1.11. The third-order valence-corrected chi connectivity index (χ3v) is 3.99. The Morgan fingerprint density at radius 2 is 2.13 bits per heavy atom. The Balaban J connectivity index is 2.38. The first-order valence-corrected chi connectivity index (χ1v) is 6.50. The molecule has 0 atom stereocenters. The van der Waals surface area contributed by atoms with Crippen molar-refractivity contribution >= 4 is 15.9 Å². The highest BCUT2D eigenvalue weighted by atomic mass is 32.2. The van der Waals surface area contributed by atoms with Gasteiger partial charge in [0.15, 0.2) is 0 Å². The summed E-state index contributed by atoms with van der Waals surface area (Å²) in [5.41, 5.74) is 5.17. The average molecular weight is 235 g/mol. The molecule has 0 unspecified atom stereocenters. The molecule has 7 heteroatoms. The van der Waals surface area contributed by atoms with Crippen LogP contribution in [0.25, 0.3) is 0 Å². The van der Waals surface area contributed by atoms with Gasteiger partial charge in [-0.15, -0.1) is 0 Å². The van der Waals surface area contributed by atoms with Crippen LogP contribution in [0.1, 0.15) is 12.8 Å². The van der Waals surface area contributed by atoms with E-state index in [2.05, 4.69) is 5.32 Å².